The molecule has 0 aliphatic rings. The maximum Gasteiger partial charge on any atom is 0.657 e. The van der Waals surface area contributed by atoms with Crippen molar-refractivity contribution in [1.29, 1.82) is 0 Å². The molecule has 1 rings (SSSR count). The fourth-order valence-electron chi connectivity index (χ4n) is 1.15. The number of hydrogen-bond donors (Lipinski definition) is 0. The fourth-order valence-corrected chi connectivity index (χ4v) is 1.15. The van der Waals surface area contributed by atoms with Crippen molar-refractivity contribution in [3.8, 4) is 5.75 Å². The predicted octanol–water partition coefficient (Wildman–Crippen LogP) is 2.71. The summed E-state index contributed by atoms with van der Waals surface area (Å²) < 4.78 is 9.89. The minimum absolute atomic E-state index is 0.770. The zero-order chi connectivity index (χ0) is 10.2. The Labute approximate surface area is 85.9 Å². The van der Waals surface area contributed by atoms with Gasteiger partial charge in [0.25, 0.3) is 0 Å². The number of rotatable bonds is 6. The molecular formula is C11H14BO2. The topological polar surface area (TPSA) is 18.5 Å². The van der Waals surface area contributed by atoms with E-state index < -0.39 is 0 Å². The maximum absolute atomic E-state index is 5.16. The van der Waals surface area contributed by atoms with Crippen LogP contribution in [0, 0.1) is 0 Å². The first-order chi connectivity index (χ1) is 6.86. The third-order valence-electron chi connectivity index (χ3n) is 1.80. The smallest absolute Gasteiger partial charge is 0.533 e. The van der Waals surface area contributed by atoms with Crippen molar-refractivity contribution in [2.45, 2.75) is 19.8 Å². The van der Waals surface area contributed by atoms with E-state index in [0.717, 1.165) is 18.6 Å². The van der Waals surface area contributed by atoms with Crippen LogP contribution in [0.3, 0.4) is 0 Å². The highest BCUT2D eigenvalue weighted by molar-refractivity contribution is 6.19. The van der Waals surface area contributed by atoms with Gasteiger partial charge in [-0.3, -0.25) is 0 Å². The fraction of sp³-hybridized carbons (Fsp3) is 0.273. The van der Waals surface area contributed by atoms with Crippen molar-refractivity contribution in [1.82, 2.24) is 0 Å². The van der Waals surface area contributed by atoms with Crippen molar-refractivity contribution < 1.29 is 9.31 Å². The molecule has 0 bridgehead atoms. The summed E-state index contributed by atoms with van der Waals surface area (Å²) in [5.41, 5.74) is 1.32. The molecule has 3 heteroatoms. The predicted molar refractivity (Wildman–Crippen MR) is 58.1 cm³/mol. The minimum atomic E-state index is 0.770. The molecule has 0 saturated carbocycles. The van der Waals surface area contributed by atoms with E-state index in [2.05, 4.69) is 25.6 Å². The SMILES string of the molecule is C=CO[B]Oc1ccc(CCC)cc1. The Morgan fingerprint density at radius 1 is 1.36 bits per heavy atom. The second kappa shape index (κ2) is 6.14. The summed E-state index contributed by atoms with van der Waals surface area (Å²) in [7, 11) is 1.25. The summed E-state index contributed by atoms with van der Waals surface area (Å²) in [4.78, 5) is 0. The average molecular weight is 189 g/mol. The molecule has 0 aromatic heterocycles. The lowest BCUT2D eigenvalue weighted by molar-refractivity contribution is 0.413. The van der Waals surface area contributed by atoms with Gasteiger partial charge in [-0.2, -0.15) is 0 Å². The lowest BCUT2D eigenvalue weighted by Crippen LogP contribution is -2.03. The average Bonchev–Trinajstić information content (AvgIpc) is 2.21. The number of aryl methyl sites for hydroxylation is 1. The highest BCUT2D eigenvalue weighted by Gasteiger charge is 1.97. The van der Waals surface area contributed by atoms with Crippen LogP contribution in [0.4, 0.5) is 0 Å². The maximum atomic E-state index is 5.16. The summed E-state index contributed by atoms with van der Waals surface area (Å²) in [6, 6.07) is 7.96. The Balaban J connectivity index is 2.42. The Morgan fingerprint density at radius 3 is 2.64 bits per heavy atom. The van der Waals surface area contributed by atoms with Crippen molar-refractivity contribution in [3.05, 3.63) is 42.7 Å². The zero-order valence-corrected chi connectivity index (χ0v) is 8.40. The summed E-state index contributed by atoms with van der Waals surface area (Å²) >= 11 is 0. The number of benzene rings is 1. The van der Waals surface area contributed by atoms with Gasteiger partial charge in [-0.25, -0.2) is 0 Å². The molecule has 0 amide bonds. The van der Waals surface area contributed by atoms with Crippen molar-refractivity contribution in [2.75, 3.05) is 0 Å². The molecule has 1 aromatic rings. The van der Waals surface area contributed by atoms with Gasteiger partial charge in [0.1, 0.15) is 5.75 Å². The highest BCUT2D eigenvalue weighted by Crippen LogP contribution is 2.12. The Bertz CT molecular complexity index is 269. The van der Waals surface area contributed by atoms with E-state index in [1.807, 2.05) is 12.1 Å². The van der Waals surface area contributed by atoms with E-state index in [4.69, 9.17) is 9.31 Å². The Kier molecular flexibility index (Phi) is 4.69. The van der Waals surface area contributed by atoms with E-state index in [0.29, 0.717) is 0 Å². The van der Waals surface area contributed by atoms with Crippen LogP contribution in [0.25, 0.3) is 0 Å². The minimum Gasteiger partial charge on any atom is -0.533 e. The third kappa shape index (κ3) is 3.56. The summed E-state index contributed by atoms with van der Waals surface area (Å²) in [6.07, 6.45) is 3.57. The molecule has 14 heavy (non-hydrogen) atoms. The Hall–Kier alpha value is -1.38. The lowest BCUT2D eigenvalue weighted by atomic mass is 10.1. The quantitative estimate of drug-likeness (QED) is 0.389. The van der Waals surface area contributed by atoms with Crippen LogP contribution in [-0.4, -0.2) is 7.69 Å². The van der Waals surface area contributed by atoms with Crippen molar-refractivity contribution in [2.24, 2.45) is 0 Å². The molecule has 0 unspecified atom stereocenters. The van der Waals surface area contributed by atoms with Gasteiger partial charge in [-0.05, 0) is 24.1 Å². The lowest BCUT2D eigenvalue weighted by Gasteiger charge is -2.04. The normalized spacial score (nSPS) is 9.21. The third-order valence-corrected chi connectivity index (χ3v) is 1.80. The van der Waals surface area contributed by atoms with Gasteiger partial charge in [0.05, 0.1) is 6.26 Å². The molecule has 0 fully saturated rings. The van der Waals surface area contributed by atoms with Gasteiger partial charge in [0.2, 0.25) is 0 Å². The van der Waals surface area contributed by atoms with Crippen molar-refractivity contribution in [3.63, 3.8) is 0 Å². The largest absolute Gasteiger partial charge is 0.657 e. The molecule has 73 valence electrons. The molecule has 0 N–H and O–H groups in total. The van der Waals surface area contributed by atoms with Crippen LogP contribution in [0.2, 0.25) is 0 Å². The molecule has 1 aromatic carbocycles. The van der Waals surface area contributed by atoms with E-state index in [1.165, 1.54) is 19.5 Å². The molecule has 1 radical (unpaired) electrons. The van der Waals surface area contributed by atoms with E-state index in [-0.39, 0.29) is 0 Å². The molecule has 0 atom stereocenters. The molecular weight excluding hydrogens is 175 g/mol. The first-order valence-electron chi connectivity index (χ1n) is 4.70. The Morgan fingerprint density at radius 2 is 2.07 bits per heavy atom. The van der Waals surface area contributed by atoms with Gasteiger partial charge >= 0.3 is 7.69 Å². The van der Waals surface area contributed by atoms with Crippen LogP contribution in [-0.2, 0) is 11.1 Å². The number of hydrogen-bond acceptors (Lipinski definition) is 2. The van der Waals surface area contributed by atoms with E-state index >= 15 is 0 Å². The second-order valence-corrected chi connectivity index (χ2v) is 2.91. The second-order valence-electron chi connectivity index (χ2n) is 2.91. The van der Waals surface area contributed by atoms with E-state index in [1.54, 1.807) is 0 Å². The summed E-state index contributed by atoms with van der Waals surface area (Å²) in [5.74, 6) is 0.770. The summed E-state index contributed by atoms with van der Waals surface area (Å²) in [6.45, 7) is 5.56. The van der Waals surface area contributed by atoms with Crippen LogP contribution in [0.5, 0.6) is 5.75 Å². The monoisotopic (exact) mass is 189 g/mol. The van der Waals surface area contributed by atoms with Gasteiger partial charge in [-0.1, -0.05) is 32.1 Å². The van der Waals surface area contributed by atoms with Crippen LogP contribution in [0.15, 0.2) is 37.1 Å². The van der Waals surface area contributed by atoms with Crippen LogP contribution >= 0.6 is 0 Å². The molecule has 0 saturated heterocycles. The van der Waals surface area contributed by atoms with Gasteiger partial charge < -0.3 is 9.31 Å². The molecule has 0 aliphatic carbocycles. The molecule has 0 aliphatic heterocycles. The van der Waals surface area contributed by atoms with Crippen molar-refractivity contribution >= 4 is 7.69 Å². The van der Waals surface area contributed by atoms with Crippen LogP contribution < -0.4 is 4.65 Å². The first kappa shape index (κ1) is 10.7. The van der Waals surface area contributed by atoms with Gasteiger partial charge in [-0.15, -0.1) is 0 Å². The highest BCUT2D eigenvalue weighted by atomic mass is 16.6. The molecule has 0 heterocycles. The summed E-state index contributed by atoms with van der Waals surface area (Å²) in [5, 5.41) is 0. The van der Waals surface area contributed by atoms with Crippen LogP contribution in [0.1, 0.15) is 18.9 Å². The van der Waals surface area contributed by atoms with E-state index in [9.17, 15) is 0 Å². The zero-order valence-electron chi connectivity index (χ0n) is 8.40. The molecule has 0 spiro atoms. The standard InChI is InChI=1S/C11H14BO2/c1-3-5-10-6-8-11(9-7-10)14-12-13-4-2/h4,6-9H,2-3,5H2,1H3. The first-order valence-corrected chi connectivity index (χ1v) is 4.70. The van der Waals surface area contributed by atoms with Gasteiger partial charge in [0.15, 0.2) is 0 Å². The van der Waals surface area contributed by atoms with Gasteiger partial charge in [0, 0.05) is 0 Å². The molecule has 2 nitrogen and oxygen atoms in total.